The molecule has 33 heavy (non-hydrogen) atoms. The van der Waals surface area contributed by atoms with Gasteiger partial charge in [0.1, 0.15) is 34.8 Å². The number of nitrogen functional groups attached to an aromatic ring is 1. The molecule has 1 unspecified atom stereocenters. The molecule has 1 aliphatic heterocycles. The van der Waals surface area contributed by atoms with Gasteiger partial charge in [0.15, 0.2) is 0 Å². The van der Waals surface area contributed by atoms with Crippen LogP contribution in [0.15, 0.2) is 59.9 Å². The lowest BCUT2D eigenvalue weighted by Gasteiger charge is -2.15. The number of nitrogens with one attached hydrogen (secondary N) is 2. The quantitative estimate of drug-likeness (QED) is 0.427. The number of aliphatic imine (C=N–C) groups is 1. The number of halogens is 3. The van der Waals surface area contributed by atoms with E-state index in [0.717, 1.165) is 19.5 Å². The molecule has 0 radical (unpaired) electrons. The summed E-state index contributed by atoms with van der Waals surface area (Å²) in [5.41, 5.74) is 7.49. The largest absolute Gasteiger partial charge is 0.383 e. The van der Waals surface area contributed by atoms with Gasteiger partial charge in [0.2, 0.25) is 0 Å². The second-order valence-corrected chi connectivity index (χ2v) is 8.33. The van der Waals surface area contributed by atoms with Gasteiger partial charge in [-0.3, -0.25) is 0 Å². The van der Waals surface area contributed by atoms with Gasteiger partial charge in [-0.15, -0.1) is 0 Å². The van der Waals surface area contributed by atoms with Crippen LogP contribution in [0.5, 0.6) is 0 Å². The van der Waals surface area contributed by atoms with Crippen LogP contribution in [0.3, 0.4) is 0 Å². The minimum atomic E-state index is -0.474. The molecule has 0 bridgehead atoms. The molecule has 1 atom stereocenters. The fourth-order valence-corrected chi connectivity index (χ4v) is 4.07. The molecule has 0 spiro atoms. The molecule has 0 amide bonds. The number of benzene rings is 2. The van der Waals surface area contributed by atoms with E-state index >= 15 is 0 Å². The van der Waals surface area contributed by atoms with E-state index in [1.807, 2.05) is 0 Å². The molecule has 2 heterocycles. The summed E-state index contributed by atoms with van der Waals surface area (Å²) in [6.07, 6.45) is 2.45. The molecule has 1 aliphatic rings. The minimum absolute atomic E-state index is 0.202. The number of hydrogen-bond acceptors (Lipinski definition) is 5. The van der Waals surface area contributed by atoms with E-state index in [2.05, 4.69) is 27.2 Å². The van der Waals surface area contributed by atoms with Gasteiger partial charge in [-0.1, -0.05) is 42.4 Å². The molecule has 4 N–H and O–H groups in total. The van der Waals surface area contributed by atoms with Crippen LogP contribution in [-0.4, -0.2) is 28.9 Å². The van der Waals surface area contributed by atoms with Crippen LogP contribution >= 0.6 is 11.6 Å². The van der Waals surface area contributed by atoms with Gasteiger partial charge in [-0.2, -0.15) is 0 Å². The number of aromatic nitrogens is 2. The second-order valence-electron chi connectivity index (χ2n) is 7.92. The Labute approximate surface area is 196 Å². The van der Waals surface area contributed by atoms with Crippen LogP contribution in [0.25, 0.3) is 11.4 Å². The Morgan fingerprint density at radius 3 is 2.79 bits per heavy atom. The summed E-state index contributed by atoms with van der Waals surface area (Å²) in [4.78, 5) is 8.84. The van der Waals surface area contributed by atoms with E-state index in [9.17, 15) is 8.78 Å². The molecule has 9 heteroatoms. The fourth-order valence-electron chi connectivity index (χ4n) is 3.82. The molecule has 1 saturated heterocycles. The summed E-state index contributed by atoms with van der Waals surface area (Å²) in [7, 11) is 0. The first-order valence-electron chi connectivity index (χ1n) is 10.7. The molecule has 0 aliphatic carbocycles. The predicted octanol–water partition coefficient (Wildman–Crippen LogP) is 4.35. The SMILES string of the molecule is C=C(/N=C\c1nc(-c2c(F)cccc2Cl)n(CC2CCNC2)c1N)NCc1ccccc1F. The third kappa shape index (κ3) is 5.23. The third-order valence-corrected chi connectivity index (χ3v) is 5.92. The molecule has 172 valence electrons. The monoisotopic (exact) mass is 470 g/mol. The van der Waals surface area contributed by atoms with Crippen molar-refractivity contribution >= 4 is 23.6 Å². The zero-order valence-electron chi connectivity index (χ0n) is 18.0. The van der Waals surface area contributed by atoms with Crippen molar-refractivity contribution in [1.29, 1.82) is 0 Å². The van der Waals surface area contributed by atoms with Crippen molar-refractivity contribution in [1.82, 2.24) is 20.2 Å². The Kier molecular flexibility index (Phi) is 7.05. The van der Waals surface area contributed by atoms with Gasteiger partial charge in [-0.25, -0.2) is 18.8 Å². The van der Waals surface area contributed by atoms with Crippen molar-refractivity contribution in [3.8, 4) is 11.4 Å². The Bertz CT molecular complexity index is 1160. The van der Waals surface area contributed by atoms with Gasteiger partial charge < -0.3 is 20.9 Å². The normalized spacial score (nSPS) is 15.9. The first-order valence-corrected chi connectivity index (χ1v) is 11.0. The number of anilines is 1. The van der Waals surface area contributed by atoms with E-state index < -0.39 is 5.82 Å². The first-order chi connectivity index (χ1) is 15.9. The summed E-state index contributed by atoms with van der Waals surface area (Å²) in [6, 6.07) is 11.0. The van der Waals surface area contributed by atoms with Crippen molar-refractivity contribution in [2.45, 2.75) is 19.5 Å². The molecule has 2 aromatic carbocycles. The van der Waals surface area contributed by atoms with Gasteiger partial charge in [0.05, 0.1) is 16.8 Å². The topological polar surface area (TPSA) is 80.3 Å². The zero-order valence-corrected chi connectivity index (χ0v) is 18.7. The lowest BCUT2D eigenvalue weighted by atomic mass is 10.1. The summed E-state index contributed by atoms with van der Waals surface area (Å²) < 4.78 is 30.3. The van der Waals surface area contributed by atoms with Crippen molar-refractivity contribution in [2.24, 2.45) is 10.9 Å². The Morgan fingerprint density at radius 2 is 2.06 bits per heavy atom. The minimum Gasteiger partial charge on any atom is -0.383 e. The standard InChI is InChI=1S/C24H25ClF2N6/c1-15(30-12-17-5-2-3-7-19(17)26)31-13-21-23(28)33(14-16-9-10-29-11-16)24(32-21)22-18(25)6-4-8-20(22)27/h2-8,13,16,29-30H,1,9-12,14,28H2/b31-13-. The van der Waals surface area contributed by atoms with Crippen LogP contribution in [0.4, 0.5) is 14.6 Å². The number of hydrogen-bond donors (Lipinski definition) is 3. The van der Waals surface area contributed by atoms with Gasteiger partial charge >= 0.3 is 0 Å². The maximum atomic E-state index is 14.7. The summed E-state index contributed by atoms with van der Waals surface area (Å²) in [5, 5.41) is 6.54. The molecule has 1 fully saturated rings. The van der Waals surface area contributed by atoms with Crippen LogP contribution in [0, 0.1) is 17.6 Å². The number of nitrogens with zero attached hydrogens (tertiary/aromatic N) is 3. The fraction of sp³-hybridized carbons (Fsp3) is 0.250. The van der Waals surface area contributed by atoms with Crippen LogP contribution < -0.4 is 16.4 Å². The first kappa shape index (κ1) is 22.9. The molecular weight excluding hydrogens is 446 g/mol. The summed E-state index contributed by atoms with van der Waals surface area (Å²) in [5.74, 6) is 0.594. The van der Waals surface area contributed by atoms with Crippen molar-refractivity contribution in [3.05, 3.63) is 82.8 Å². The lowest BCUT2D eigenvalue weighted by Crippen LogP contribution is -2.17. The van der Waals surface area contributed by atoms with Crippen molar-refractivity contribution in [2.75, 3.05) is 18.8 Å². The molecule has 0 saturated carbocycles. The molecule has 4 rings (SSSR count). The highest BCUT2D eigenvalue weighted by Crippen LogP contribution is 2.33. The molecule has 6 nitrogen and oxygen atoms in total. The average Bonchev–Trinajstić information content (AvgIpc) is 3.41. The van der Waals surface area contributed by atoms with E-state index in [0.29, 0.717) is 41.2 Å². The lowest BCUT2D eigenvalue weighted by molar-refractivity contribution is 0.487. The van der Waals surface area contributed by atoms with Crippen LogP contribution in [0.2, 0.25) is 5.02 Å². The van der Waals surface area contributed by atoms with E-state index in [1.54, 1.807) is 34.9 Å². The summed E-state index contributed by atoms with van der Waals surface area (Å²) >= 11 is 6.32. The smallest absolute Gasteiger partial charge is 0.146 e. The highest BCUT2D eigenvalue weighted by Gasteiger charge is 2.24. The van der Waals surface area contributed by atoms with Gasteiger partial charge in [-0.05, 0) is 43.6 Å². The summed E-state index contributed by atoms with van der Waals surface area (Å²) in [6.45, 7) is 6.43. The van der Waals surface area contributed by atoms with Crippen molar-refractivity contribution in [3.63, 3.8) is 0 Å². The Balaban J connectivity index is 1.59. The van der Waals surface area contributed by atoms with Gasteiger partial charge in [0.25, 0.3) is 0 Å². The number of rotatable bonds is 8. The highest BCUT2D eigenvalue weighted by atomic mass is 35.5. The van der Waals surface area contributed by atoms with E-state index in [-0.39, 0.29) is 22.9 Å². The van der Waals surface area contributed by atoms with Crippen LogP contribution in [0.1, 0.15) is 17.7 Å². The second kappa shape index (κ2) is 10.1. The Morgan fingerprint density at radius 1 is 1.27 bits per heavy atom. The van der Waals surface area contributed by atoms with E-state index in [1.165, 1.54) is 18.3 Å². The number of imidazole rings is 1. The zero-order chi connectivity index (χ0) is 23.4. The van der Waals surface area contributed by atoms with Gasteiger partial charge in [0, 0.05) is 18.7 Å². The maximum absolute atomic E-state index is 14.7. The molecular formula is C24H25ClF2N6. The third-order valence-electron chi connectivity index (χ3n) is 5.61. The van der Waals surface area contributed by atoms with Crippen molar-refractivity contribution < 1.29 is 8.78 Å². The Hall–Kier alpha value is -3.23. The van der Waals surface area contributed by atoms with E-state index in [4.69, 9.17) is 17.3 Å². The maximum Gasteiger partial charge on any atom is 0.146 e. The highest BCUT2D eigenvalue weighted by molar-refractivity contribution is 6.33. The molecule has 3 aromatic rings. The average molecular weight is 471 g/mol. The molecule has 1 aromatic heterocycles. The predicted molar refractivity (Wildman–Crippen MR) is 128 cm³/mol. The number of nitrogens with two attached hydrogens (primary N) is 1. The van der Waals surface area contributed by atoms with Crippen LogP contribution in [-0.2, 0) is 13.1 Å².